The smallest absolute Gasteiger partial charge is 0.408 e. The highest BCUT2D eigenvalue weighted by Gasteiger charge is 2.38. The molecule has 0 fully saturated rings. The third kappa shape index (κ3) is 9.97. The van der Waals surface area contributed by atoms with E-state index in [1.165, 1.54) is 4.90 Å². The number of carbonyl (C=O) groups is 3. The number of carbonyl (C=O) groups excluding carboxylic acids is 3. The molecule has 194 valence electrons. The van der Waals surface area contributed by atoms with Gasteiger partial charge in [-0.3, -0.25) is 9.59 Å². The first-order chi connectivity index (χ1) is 16.4. The number of nitrogens with one attached hydrogen (secondary N) is 2. The predicted octanol–water partition coefficient (Wildman–Crippen LogP) is 4.63. The van der Waals surface area contributed by atoms with Crippen molar-refractivity contribution < 1.29 is 19.1 Å². The maximum Gasteiger partial charge on any atom is 0.408 e. The quantitative estimate of drug-likeness (QED) is 0.330. The van der Waals surface area contributed by atoms with Crippen LogP contribution in [0.15, 0.2) is 24.3 Å². The summed E-state index contributed by atoms with van der Waals surface area (Å²) in [5.41, 5.74) is 0.810. The van der Waals surface area contributed by atoms with Gasteiger partial charge in [0.05, 0.1) is 6.07 Å². The fourth-order valence-electron chi connectivity index (χ4n) is 3.67. The minimum absolute atomic E-state index is 0.248. The predicted molar refractivity (Wildman–Crippen MR) is 136 cm³/mol. The van der Waals surface area contributed by atoms with E-state index in [1.54, 1.807) is 26.8 Å². The number of hydrogen-bond acceptors (Lipinski definition) is 5. The van der Waals surface area contributed by atoms with Gasteiger partial charge < -0.3 is 20.3 Å². The van der Waals surface area contributed by atoms with Crippen molar-refractivity contribution in [3.05, 3.63) is 35.4 Å². The molecule has 2 N–H and O–H groups in total. The molecule has 0 saturated carbocycles. The number of aryl methyl sites for hydroxylation is 1. The molecule has 3 unspecified atom stereocenters. The molecule has 0 aliphatic rings. The van der Waals surface area contributed by atoms with E-state index in [-0.39, 0.29) is 18.4 Å². The highest BCUT2D eigenvalue weighted by Crippen LogP contribution is 2.25. The number of nitrogens with zero attached hydrogens (tertiary/aromatic N) is 2. The molecule has 0 saturated heterocycles. The first-order valence-electron chi connectivity index (χ1n) is 12.5. The molecule has 3 atom stereocenters. The number of amides is 3. The molecule has 0 aliphatic heterocycles. The van der Waals surface area contributed by atoms with E-state index in [0.717, 1.165) is 24.8 Å². The molecule has 35 heavy (non-hydrogen) atoms. The summed E-state index contributed by atoms with van der Waals surface area (Å²) < 4.78 is 5.37. The Labute approximate surface area is 210 Å². The van der Waals surface area contributed by atoms with Gasteiger partial charge in [-0.25, -0.2) is 4.79 Å². The molecule has 0 heterocycles. The second-order valence-electron chi connectivity index (χ2n) is 9.95. The number of benzene rings is 1. The van der Waals surface area contributed by atoms with Gasteiger partial charge in [0, 0.05) is 6.54 Å². The second kappa shape index (κ2) is 14.3. The Kier molecular flexibility index (Phi) is 12.3. The van der Waals surface area contributed by atoms with Crippen LogP contribution in [0.2, 0.25) is 0 Å². The molecule has 0 aromatic heterocycles. The summed E-state index contributed by atoms with van der Waals surface area (Å²) >= 11 is 0. The number of rotatable bonds is 12. The van der Waals surface area contributed by atoms with Gasteiger partial charge in [0.1, 0.15) is 24.2 Å². The van der Waals surface area contributed by atoms with E-state index < -0.39 is 29.7 Å². The Hall–Kier alpha value is -3.08. The zero-order valence-corrected chi connectivity index (χ0v) is 22.3. The van der Waals surface area contributed by atoms with Gasteiger partial charge in [-0.05, 0) is 45.6 Å². The Morgan fingerprint density at radius 3 is 2.40 bits per heavy atom. The first-order valence-corrected chi connectivity index (χ1v) is 12.5. The van der Waals surface area contributed by atoms with Gasteiger partial charge in [0.2, 0.25) is 11.8 Å². The van der Waals surface area contributed by atoms with Crippen molar-refractivity contribution >= 4 is 17.9 Å². The standard InChI is InChI=1S/C27H42N4O4/c1-8-10-11-16-29-24(32)23(21-14-12-13-19(3)18-21)31(17-15-28)25(33)22(20(4)9-2)30-26(34)35-27(5,6)7/h12-14,18,20,22-23H,8-11,16-17H2,1-7H3,(H,29,32)(H,30,34). The fraction of sp³-hybridized carbons (Fsp3) is 0.630. The topological polar surface area (TPSA) is 112 Å². The maximum atomic E-state index is 13.8. The van der Waals surface area contributed by atoms with Gasteiger partial charge in [0.15, 0.2) is 0 Å². The molecular formula is C27H42N4O4. The molecular weight excluding hydrogens is 444 g/mol. The molecule has 0 bridgehead atoms. The lowest BCUT2D eigenvalue weighted by Gasteiger charge is -2.34. The average Bonchev–Trinajstić information content (AvgIpc) is 2.78. The zero-order valence-electron chi connectivity index (χ0n) is 22.3. The highest BCUT2D eigenvalue weighted by molar-refractivity contribution is 5.92. The number of alkyl carbamates (subject to hydrolysis) is 1. The van der Waals surface area contributed by atoms with E-state index in [2.05, 4.69) is 17.6 Å². The van der Waals surface area contributed by atoms with Crippen molar-refractivity contribution in [3.63, 3.8) is 0 Å². The lowest BCUT2D eigenvalue weighted by Crippen LogP contribution is -2.55. The normalized spacial score (nSPS) is 13.7. The summed E-state index contributed by atoms with van der Waals surface area (Å²) in [7, 11) is 0. The number of ether oxygens (including phenoxy) is 1. The van der Waals surface area contributed by atoms with Crippen LogP contribution < -0.4 is 10.6 Å². The summed E-state index contributed by atoms with van der Waals surface area (Å²) in [5, 5.41) is 15.2. The van der Waals surface area contributed by atoms with Crippen LogP contribution in [0.3, 0.4) is 0 Å². The molecule has 0 spiro atoms. The fourth-order valence-corrected chi connectivity index (χ4v) is 3.67. The van der Waals surface area contributed by atoms with E-state index in [4.69, 9.17) is 4.74 Å². The van der Waals surface area contributed by atoms with Crippen LogP contribution in [-0.2, 0) is 14.3 Å². The summed E-state index contributed by atoms with van der Waals surface area (Å²) in [5.74, 6) is -1.10. The monoisotopic (exact) mass is 486 g/mol. The largest absolute Gasteiger partial charge is 0.444 e. The maximum absolute atomic E-state index is 13.8. The molecule has 8 nitrogen and oxygen atoms in total. The van der Waals surface area contributed by atoms with Crippen molar-refractivity contribution in [2.75, 3.05) is 13.1 Å². The third-order valence-corrected chi connectivity index (χ3v) is 5.67. The lowest BCUT2D eigenvalue weighted by atomic mass is 9.95. The van der Waals surface area contributed by atoms with Crippen LogP contribution in [0.25, 0.3) is 0 Å². The highest BCUT2D eigenvalue weighted by atomic mass is 16.6. The van der Waals surface area contributed by atoms with Crippen molar-refractivity contribution in [3.8, 4) is 6.07 Å². The van der Waals surface area contributed by atoms with Gasteiger partial charge >= 0.3 is 6.09 Å². The molecule has 1 aromatic rings. The number of nitriles is 1. The van der Waals surface area contributed by atoms with Crippen molar-refractivity contribution in [2.45, 2.75) is 91.8 Å². The number of hydrogen-bond donors (Lipinski definition) is 2. The summed E-state index contributed by atoms with van der Waals surface area (Å²) in [6.45, 7) is 13.1. The van der Waals surface area contributed by atoms with E-state index >= 15 is 0 Å². The van der Waals surface area contributed by atoms with E-state index in [9.17, 15) is 19.6 Å². The van der Waals surface area contributed by atoms with Gasteiger partial charge in [-0.15, -0.1) is 0 Å². The summed E-state index contributed by atoms with van der Waals surface area (Å²) in [6, 6.07) is 7.42. The van der Waals surface area contributed by atoms with Crippen molar-refractivity contribution in [1.29, 1.82) is 5.26 Å². The Morgan fingerprint density at radius 1 is 1.17 bits per heavy atom. The Balaban J connectivity index is 3.38. The van der Waals surface area contributed by atoms with Crippen LogP contribution in [0.4, 0.5) is 4.79 Å². The molecule has 0 aliphatic carbocycles. The van der Waals surface area contributed by atoms with Gasteiger partial charge in [-0.2, -0.15) is 5.26 Å². The second-order valence-corrected chi connectivity index (χ2v) is 9.95. The molecule has 3 amide bonds. The van der Waals surface area contributed by atoms with Crippen molar-refractivity contribution in [1.82, 2.24) is 15.5 Å². The first kappa shape index (κ1) is 30.0. The van der Waals surface area contributed by atoms with Crippen molar-refractivity contribution in [2.24, 2.45) is 5.92 Å². The van der Waals surface area contributed by atoms with Crippen LogP contribution in [0.5, 0.6) is 0 Å². The molecule has 0 radical (unpaired) electrons. The van der Waals surface area contributed by atoms with E-state index in [0.29, 0.717) is 18.5 Å². The summed E-state index contributed by atoms with van der Waals surface area (Å²) in [4.78, 5) is 41.0. The third-order valence-electron chi connectivity index (χ3n) is 5.67. The SMILES string of the molecule is CCCCCNC(=O)C(c1cccc(C)c1)N(CC#N)C(=O)C(NC(=O)OC(C)(C)C)C(C)CC. The lowest BCUT2D eigenvalue weighted by molar-refractivity contribution is -0.142. The molecule has 1 aromatic carbocycles. The molecule has 8 heteroatoms. The molecule has 1 rings (SSSR count). The van der Waals surface area contributed by atoms with Crippen LogP contribution in [0.1, 0.15) is 84.4 Å². The van der Waals surface area contributed by atoms with Crippen LogP contribution >= 0.6 is 0 Å². The Bertz CT molecular complexity index is 888. The van der Waals surface area contributed by atoms with E-state index in [1.807, 2.05) is 45.0 Å². The number of unbranched alkanes of at least 4 members (excludes halogenated alkanes) is 2. The average molecular weight is 487 g/mol. The Morgan fingerprint density at radius 2 is 1.86 bits per heavy atom. The van der Waals surface area contributed by atoms with Gasteiger partial charge in [0.25, 0.3) is 0 Å². The zero-order chi connectivity index (χ0) is 26.6. The van der Waals surface area contributed by atoms with Crippen LogP contribution in [-0.4, -0.2) is 47.5 Å². The van der Waals surface area contributed by atoms with Gasteiger partial charge in [-0.1, -0.05) is 69.9 Å². The minimum Gasteiger partial charge on any atom is -0.444 e. The summed E-state index contributed by atoms with van der Waals surface area (Å²) in [6.07, 6.45) is 2.70. The van der Waals surface area contributed by atoms with Crippen LogP contribution in [0, 0.1) is 24.2 Å². The minimum atomic E-state index is -1.00.